The van der Waals surface area contributed by atoms with Crippen LogP contribution in [0.25, 0.3) is 6.08 Å². The maximum absolute atomic E-state index is 12.7. The number of rotatable bonds is 2. The molecule has 0 unspecified atom stereocenters. The zero-order chi connectivity index (χ0) is 10.7. The van der Waals surface area contributed by atoms with Crippen molar-refractivity contribution in [2.75, 3.05) is 0 Å². The standard InChI is InChI=1S/C8H5F2NO3/c9-6-3-5(1-2-11(13)14)8(12)7(10)4-6/h1-4,12H/b2-1+. The maximum Gasteiger partial charge on any atom is 0.235 e. The van der Waals surface area contributed by atoms with Gasteiger partial charge in [0.1, 0.15) is 5.82 Å². The predicted octanol–water partition coefficient (Wildman–Crippen LogP) is 1.92. The quantitative estimate of drug-likeness (QED) is 0.587. The third-order valence-electron chi connectivity index (χ3n) is 1.43. The van der Waals surface area contributed by atoms with Crippen LogP contribution in [0.2, 0.25) is 0 Å². The van der Waals surface area contributed by atoms with Crippen molar-refractivity contribution in [1.82, 2.24) is 0 Å². The van der Waals surface area contributed by atoms with Gasteiger partial charge < -0.3 is 5.11 Å². The third kappa shape index (κ3) is 2.25. The first-order valence-corrected chi connectivity index (χ1v) is 3.50. The highest BCUT2D eigenvalue weighted by molar-refractivity contribution is 5.56. The van der Waals surface area contributed by atoms with Crippen LogP contribution in [0, 0.1) is 21.7 Å². The van der Waals surface area contributed by atoms with Crippen LogP contribution in [0.5, 0.6) is 5.75 Å². The molecule has 0 fully saturated rings. The summed E-state index contributed by atoms with van der Waals surface area (Å²) in [7, 11) is 0. The summed E-state index contributed by atoms with van der Waals surface area (Å²) in [6, 6.07) is 1.28. The molecule has 0 spiro atoms. The Morgan fingerprint density at radius 2 is 2.07 bits per heavy atom. The lowest BCUT2D eigenvalue weighted by atomic mass is 10.2. The van der Waals surface area contributed by atoms with Crippen molar-refractivity contribution in [2.45, 2.75) is 0 Å². The molecule has 14 heavy (non-hydrogen) atoms. The summed E-state index contributed by atoms with van der Waals surface area (Å²) >= 11 is 0. The highest BCUT2D eigenvalue weighted by Crippen LogP contribution is 2.23. The van der Waals surface area contributed by atoms with Gasteiger partial charge in [-0.1, -0.05) is 0 Å². The number of aromatic hydroxyl groups is 1. The van der Waals surface area contributed by atoms with Crippen molar-refractivity contribution in [2.24, 2.45) is 0 Å². The van der Waals surface area contributed by atoms with Crippen molar-refractivity contribution < 1.29 is 18.8 Å². The SMILES string of the molecule is O=[N+]([O-])/C=C/c1cc(F)cc(F)c1O. The minimum absolute atomic E-state index is 0.279. The lowest BCUT2D eigenvalue weighted by Crippen LogP contribution is -1.87. The zero-order valence-corrected chi connectivity index (χ0v) is 6.78. The monoisotopic (exact) mass is 201 g/mol. The van der Waals surface area contributed by atoms with Crippen LogP contribution in [-0.4, -0.2) is 10.0 Å². The summed E-state index contributed by atoms with van der Waals surface area (Å²) in [5.74, 6) is -2.89. The highest BCUT2D eigenvalue weighted by atomic mass is 19.1. The number of hydrogen-bond acceptors (Lipinski definition) is 3. The van der Waals surface area contributed by atoms with Gasteiger partial charge in [0.05, 0.1) is 4.92 Å². The second kappa shape index (κ2) is 3.82. The van der Waals surface area contributed by atoms with Crippen molar-refractivity contribution >= 4 is 6.08 Å². The molecule has 0 saturated carbocycles. The van der Waals surface area contributed by atoms with Crippen LogP contribution >= 0.6 is 0 Å². The van der Waals surface area contributed by atoms with Gasteiger partial charge in [-0.05, 0) is 6.07 Å². The Labute approximate surface area is 77.2 Å². The average molecular weight is 201 g/mol. The molecule has 1 aromatic rings. The van der Waals surface area contributed by atoms with Gasteiger partial charge in [0.2, 0.25) is 6.20 Å². The van der Waals surface area contributed by atoms with E-state index in [1.54, 1.807) is 0 Å². The van der Waals surface area contributed by atoms with Crippen LogP contribution < -0.4 is 0 Å². The molecule has 0 aliphatic heterocycles. The molecular weight excluding hydrogens is 196 g/mol. The number of benzene rings is 1. The van der Waals surface area contributed by atoms with E-state index in [2.05, 4.69) is 0 Å². The number of hydrogen-bond donors (Lipinski definition) is 1. The van der Waals surface area contributed by atoms with E-state index in [4.69, 9.17) is 5.11 Å². The van der Waals surface area contributed by atoms with E-state index in [9.17, 15) is 18.9 Å². The largest absolute Gasteiger partial charge is 0.504 e. The molecule has 1 rings (SSSR count). The second-order valence-corrected chi connectivity index (χ2v) is 2.43. The van der Waals surface area contributed by atoms with Crippen LogP contribution in [-0.2, 0) is 0 Å². The molecule has 0 aliphatic rings. The normalized spacial score (nSPS) is 10.7. The van der Waals surface area contributed by atoms with E-state index in [0.717, 1.165) is 12.1 Å². The minimum Gasteiger partial charge on any atom is -0.504 e. The van der Waals surface area contributed by atoms with Gasteiger partial charge in [0.25, 0.3) is 0 Å². The molecule has 74 valence electrons. The fraction of sp³-hybridized carbons (Fsp3) is 0. The Morgan fingerprint density at radius 1 is 1.43 bits per heavy atom. The number of phenolic OH excluding ortho intramolecular Hbond substituents is 1. The third-order valence-corrected chi connectivity index (χ3v) is 1.43. The first kappa shape index (κ1) is 10.1. The molecule has 6 heteroatoms. The van der Waals surface area contributed by atoms with Crippen LogP contribution in [0.1, 0.15) is 5.56 Å². The van der Waals surface area contributed by atoms with Crippen molar-refractivity contribution in [3.63, 3.8) is 0 Å². The highest BCUT2D eigenvalue weighted by Gasteiger charge is 2.08. The Hall–Kier alpha value is -1.98. The fourth-order valence-corrected chi connectivity index (χ4v) is 0.854. The maximum atomic E-state index is 12.7. The molecule has 0 radical (unpaired) electrons. The summed E-state index contributed by atoms with van der Waals surface area (Å²) in [6.07, 6.45) is 1.29. The summed E-state index contributed by atoms with van der Waals surface area (Å²) < 4.78 is 25.2. The molecule has 0 amide bonds. The minimum atomic E-state index is -1.16. The topological polar surface area (TPSA) is 63.4 Å². The van der Waals surface area contributed by atoms with Gasteiger partial charge in [0, 0.05) is 17.7 Å². The Bertz CT molecular complexity index is 404. The van der Waals surface area contributed by atoms with Crippen molar-refractivity contribution in [3.05, 3.63) is 45.6 Å². The molecule has 0 aromatic heterocycles. The first-order chi connectivity index (χ1) is 6.50. The molecular formula is C8H5F2NO3. The summed E-state index contributed by atoms with van der Waals surface area (Å²) in [4.78, 5) is 9.10. The van der Waals surface area contributed by atoms with E-state index >= 15 is 0 Å². The van der Waals surface area contributed by atoms with E-state index in [1.807, 2.05) is 0 Å². The van der Waals surface area contributed by atoms with Crippen LogP contribution in [0.4, 0.5) is 8.78 Å². The van der Waals surface area contributed by atoms with Gasteiger partial charge in [-0.3, -0.25) is 10.1 Å². The predicted molar refractivity (Wildman–Crippen MR) is 44.1 cm³/mol. The Morgan fingerprint density at radius 3 is 2.64 bits per heavy atom. The van der Waals surface area contributed by atoms with Gasteiger partial charge >= 0.3 is 0 Å². The number of nitrogens with zero attached hydrogens (tertiary/aromatic N) is 1. The molecule has 1 N–H and O–H groups in total. The summed E-state index contributed by atoms with van der Waals surface area (Å²) in [6.45, 7) is 0. The Balaban J connectivity index is 3.14. The zero-order valence-electron chi connectivity index (χ0n) is 6.78. The fourth-order valence-electron chi connectivity index (χ4n) is 0.854. The summed E-state index contributed by atoms with van der Waals surface area (Å²) in [5.41, 5.74) is -0.279. The van der Waals surface area contributed by atoms with Gasteiger partial charge in [-0.2, -0.15) is 0 Å². The van der Waals surface area contributed by atoms with E-state index in [-0.39, 0.29) is 5.56 Å². The van der Waals surface area contributed by atoms with E-state index in [0.29, 0.717) is 12.3 Å². The number of nitro groups is 1. The van der Waals surface area contributed by atoms with Crippen molar-refractivity contribution in [3.8, 4) is 5.75 Å². The van der Waals surface area contributed by atoms with Gasteiger partial charge in [-0.15, -0.1) is 0 Å². The smallest absolute Gasteiger partial charge is 0.235 e. The molecule has 0 saturated heterocycles. The molecule has 0 aliphatic carbocycles. The lowest BCUT2D eigenvalue weighted by molar-refractivity contribution is -0.400. The van der Waals surface area contributed by atoms with Crippen LogP contribution in [0.15, 0.2) is 18.3 Å². The molecule has 1 aromatic carbocycles. The van der Waals surface area contributed by atoms with E-state index in [1.165, 1.54) is 0 Å². The Kier molecular flexibility index (Phi) is 2.76. The number of phenols is 1. The van der Waals surface area contributed by atoms with Crippen LogP contribution in [0.3, 0.4) is 0 Å². The number of halogens is 2. The van der Waals surface area contributed by atoms with Gasteiger partial charge in [0.15, 0.2) is 11.6 Å². The lowest BCUT2D eigenvalue weighted by Gasteiger charge is -1.99. The molecule has 4 nitrogen and oxygen atoms in total. The van der Waals surface area contributed by atoms with Crippen molar-refractivity contribution in [1.29, 1.82) is 0 Å². The second-order valence-electron chi connectivity index (χ2n) is 2.43. The van der Waals surface area contributed by atoms with E-state index < -0.39 is 22.3 Å². The average Bonchev–Trinajstić information content (AvgIpc) is 2.08. The molecule has 0 bridgehead atoms. The summed E-state index contributed by atoms with van der Waals surface area (Å²) in [5, 5.41) is 18.9. The first-order valence-electron chi connectivity index (χ1n) is 3.50. The molecule has 0 atom stereocenters. The molecule has 0 heterocycles. The van der Waals surface area contributed by atoms with Gasteiger partial charge in [-0.25, -0.2) is 8.78 Å².